The van der Waals surface area contributed by atoms with Crippen molar-refractivity contribution in [1.82, 2.24) is 0 Å². The first-order chi connectivity index (χ1) is 12.2. The van der Waals surface area contributed by atoms with Gasteiger partial charge in [0.1, 0.15) is 17.8 Å². The maximum absolute atomic E-state index is 11.7. The van der Waals surface area contributed by atoms with Crippen molar-refractivity contribution >= 4 is 12.3 Å². The second-order valence-corrected chi connectivity index (χ2v) is 8.44. The SMILES string of the molecule is CC(C)CCCCCOC(=O)OC1CCC(OC(=O)OC(C)(C)C)CC1. The fraction of sp³-hybridized carbons (Fsp3) is 0.900. The zero-order valence-corrected chi connectivity index (χ0v) is 17.0. The Morgan fingerprint density at radius 3 is 1.92 bits per heavy atom. The van der Waals surface area contributed by atoms with E-state index >= 15 is 0 Å². The van der Waals surface area contributed by atoms with Crippen LogP contribution in [0.2, 0.25) is 0 Å². The predicted octanol–water partition coefficient (Wildman–Crippen LogP) is 5.62. The number of carbonyl (C=O) groups is 2. The van der Waals surface area contributed by atoms with Crippen LogP contribution in [-0.4, -0.2) is 36.7 Å². The Hall–Kier alpha value is -1.46. The Kier molecular flexibility index (Phi) is 9.81. The van der Waals surface area contributed by atoms with E-state index in [-0.39, 0.29) is 12.2 Å². The summed E-state index contributed by atoms with van der Waals surface area (Å²) in [6.07, 6.45) is 5.38. The van der Waals surface area contributed by atoms with Crippen LogP contribution in [0, 0.1) is 5.92 Å². The Morgan fingerprint density at radius 2 is 1.42 bits per heavy atom. The molecular weight excluding hydrogens is 336 g/mol. The Labute approximate surface area is 157 Å². The molecule has 0 aliphatic heterocycles. The van der Waals surface area contributed by atoms with Crippen LogP contribution >= 0.6 is 0 Å². The molecule has 1 rings (SSSR count). The summed E-state index contributed by atoms with van der Waals surface area (Å²) in [6.45, 7) is 10.2. The van der Waals surface area contributed by atoms with Gasteiger partial charge < -0.3 is 18.9 Å². The highest BCUT2D eigenvalue weighted by Gasteiger charge is 2.28. The van der Waals surface area contributed by atoms with Gasteiger partial charge in [-0.25, -0.2) is 9.59 Å². The smallest absolute Gasteiger partial charge is 0.434 e. The highest BCUT2D eigenvalue weighted by Crippen LogP contribution is 2.25. The molecule has 0 amide bonds. The van der Waals surface area contributed by atoms with E-state index in [1.807, 2.05) is 0 Å². The molecule has 0 unspecified atom stereocenters. The highest BCUT2D eigenvalue weighted by atomic mass is 16.7. The van der Waals surface area contributed by atoms with Crippen LogP contribution < -0.4 is 0 Å². The van der Waals surface area contributed by atoms with Crippen molar-refractivity contribution in [3.63, 3.8) is 0 Å². The van der Waals surface area contributed by atoms with Gasteiger partial charge in [0.15, 0.2) is 0 Å². The monoisotopic (exact) mass is 372 g/mol. The van der Waals surface area contributed by atoms with Gasteiger partial charge in [-0.3, -0.25) is 0 Å². The summed E-state index contributed by atoms with van der Waals surface area (Å²) in [6, 6.07) is 0. The zero-order valence-electron chi connectivity index (χ0n) is 17.0. The van der Waals surface area contributed by atoms with Crippen LogP contribution in [0.15, 0.2) is 0 Å². The third kappa shape index (κ3) is 11.2. The second-order valence-electron chi connectivity index (χ2n) is 8.44. The number of hydrogen-bond donors (Lipinski definition) is 0. The lowest BCUT2D eigenvalue weighted by Gasteiger charge is -2.28. The van der Waals surface area contributed by atoms with Gasteiger partial charge in [0.25, 0.3) is 0 Å². The lowest BCUT2D eigenvalue weighted by Crippen LogP contribution is -2.32. The van der Waals surface area contributed by atoms with E-state index in [1.165, 1.54) is 6.42 Å². The maximum Gasteiger partial charge on any atom is 0.509 e. The van der Waals surface area contributed by atoms with Crippen LogP contribution in [0.1, 0.15) is 86.0 Å². The normalized spacial score (nSPS) is 20.5. The summed E-state index contributed by atoms with van der Waals surface area (Å²) in [5.74, 6) is 0.718. The summed E-state index contributed by atoms with van der Waals surface area (Å²) < 4.78 is 20.9. The van der Waals surface area contributed by atoms with Crippen molar-refractivity contribution in [2.75, 3.05) is 6.61 Å². The molecule has 0 N–H and O–H groups in total. The van der Waals surface area contributed by atoms with E-state index < -0.39 is 17.9 Å². The van der Waals surface area contributed by atoms with Gasteiger partial charge in [0, 0.05) is 0 Å². The Balaban J connectivity index is 2.10. The largest absolute Gasteiger partial charge is 0.509 e. The van der Waals surface area contributed by atoms with E-state index in [9.17, 15) is 9.59 Å². The van der Waals surface area contributed by atoms with E-state index in [0.717, 1.165) is 25.2 Å². The van der Waals surface area contributed by atoms with Crippen LogP contribution in [0.25, 0.3) is 0 Å². The Bertz CT molecular complexity index is 419. The molecule has 1 fully saturated rings. The lowest BCUT2D eigenvalue weighted by molar-refractivity contribution is -0.0494. The average Bonchev–Trinajstić information content (AvgIpc) is 2.50. The summed E-state index contributed by atoms with van der Waals surface area (Å²) in [5.41, 5.74) is -0.560. The highest BCUT2D eigenvalue weighted by molar-refractivity contribution is 5.61. The first-order valence-electron chi connectivity index (χ1n) is 9.88. The van der Waals surface area contributed by atoms with E-state index in [0.29, 0.717) is 32.3 Å². The summed E-state index contributed by atoms with van der Waals surface area (Å²) in [5, 5.41) is 0. The third-order valence-electron chi connectivity index (χ3n) is 4.18. The number of unbranched alkanes of at least 4 members (excludes halogenated alkanes) is 2. The molecule has 0 saturated heterocycles. The quantitative estimate of drug-likeness (QED) is 0.407. The van der Waals surface area contributed by atoms with Gasteiger partial charge >= 0.3 is 12.3 Å². The molecule has 0 aromatic carbocycles. The van der Waals surface area contributed by atoms with Gasteiger partial charge in [-0.1, -0.05) is 33.1 Å². The molecule has 6 heteroatoms. The fourth-order valence-electron chi connectivity index (χ4n) is 2.84. The number of hydrogen-bond acceptors (Lipinski definition) is 6. The van der Waals surface area contributed by atoms with E-state index in [2.05, 4.69) is 13.8 Å². The summed E-state index contributed by atoms with van der Waals surface area (Å²) in [7, 11) is 0. The van der Waals surface area contributed by atoms with Crippen molar-refractivity contribution in [3.8, 4) is 0 Å². The molecule has 1 aliphatic carbocycles. The molecule has 0 bridgehead atoms. The van der Waals surface area contributed by atoms with Gasteiger partial charge in [0.2, 0.25) is 0 Å². The van der Waals surface area contributed by atoms with Crippen molar-refractivity contribution in [2.45, 2.75) is 104 Å². The van der Waals surface area contributed by atoms with Gasteiger partial charge in [0.05, 0.1) is 6.61 Å². The first-order valence-corrected chi connectivity index (χ1v) is 9.88. The molecule has 0 spiro atoms. The molecule has 26 heavy (non-hydrogen) atoms. The average molecular weight is 373 g/mol. The Morgan fingerprint density at radius 1 is 0.885 bits per heavy atom. The maximum atomic E-state index is 11.7. The van der Waals surface area contributed by atoms with Crippen LogP contribution in [0.4, 0.5) is 9.59 Å². The van der Waals surface area contributed by atoms with Crippen molar-refractivity contribution in [1.29, 1.82) is 0 Å². The molecule has 1 aliphatic rings. The lowest BCUT2D eigenvalue weighted by atomic mass is 9.95. The van der Waals surface area contributed by atoms with Gasteiger partial charge in [-0.05, 0) is 58.8 Å². The van der Waals surface area contributed by atoms with Crippen molar-refractivity contribution in [2.24, 2.45) is 5.92 Å². The molecule has 1 saturated carbocycles. The van der Waals surface area contributed by atoms with Gasteiger partial charge in [-0.15, -0.1) is 0 Å². The first kappa shape index (κ1) is 22.6. The molecular formula is C20H36O6. The zero-order chi connectivity index (χ0) is 19.6. The molecule has 0 aromatic rings. The molecule has 0 aromatic heterocycles. The number of rotatable bonds is 8. The molecule has 0 atom stereocenters. The third-order valence-corrected chi connectivity index (χ3v) is 4.18. The minimum Gasteiger partial charge on any atom is -0.434 e. The standard InChI is InChI=1S/C20H36O6/c1-15(2)9-7-6-8-14-23-18(21)24-16-10-12-17(13-11-16)25-19(22)26-20(3,4)5/h15-17H,6-14H2,1-5H3. The minimum atomic E-state index is -0.640. The topological polar surface area (TPSA) is 71.1 Å². The molecule has 0 heterocycles. The van der Waals surface area contributed by atoms with Crippen molar-refractivity contribution < 1.29 is 28.5 Å². The van der Waals surface area contributed by atoms with Crippen LogP contribution in [-0.2, 0) is 18.9 Å². The van der Waals surface area contributed by atoms with Gasteiger partial charge in [-0.2, -0.15) is 0 Å². The molecule has 6 nitrogen and oxygen atoms in total. The number of ether oxygens (including phenoxy) is 4. The second kappa shape index (κ2) is 11.3. The summed E-state index contributed by atoms with van der Waals surface area (Å²) in [4.78, 5) is 23.4. The van der Waals surface area contributed by atoms with Crippen molar-refractivity contribution in [3.05, 3.63) is 0 Å². The van der Waals surface area contributed by atoms with E-state index in [4.69, 9.17) is 18.9 Å². The number of carbonyl (C=O) groups excluding carboxylic acids is 2. The molecule has 152 valence electrons. The summed E-state index contributed by atoms with van der Waals surface area (Å²) >= 11 is 0. The predicted molar refractivity (Wildman–Crippen MR) is 99.1 cm³/mol. The molecule has 0 radical (unpaired) electrons. The van der Waals surface area contributed by atoms with Crippen LogP contribution in [0.5, 0.6) is 0 Å². The fourth-order valence-corrected chi connectivity index (χ4v) is 2.84. The van der Waals surface area contributed by atoms with E-state index in [1.54, 1.807) is 20.8 Å². The minimum absolute atomic E-state index is 0.165. The van der Waals surface area contributed by atoms with Crippen LogP contribution in [0.3, 0.4) is 0 Å².